The van der Waals surface area contributed by atoms with Gasteiger partial charge in [0.05, 0.1) is 17.9 Å². The van der Waals surface area contributed by atoms with Gasteiger partial charge in [0.25, 0.3) is 0 Å². The molecular weight excluding hydrogens is 488 g/mol. The van der Waals surface area contributed by atoms with Crippen molar-refractivity contribution in [3.05, 3.63) is 84.2 Å². The summed E-state index contributed by atoms with van der Waals surface area (Å²) in [5, 5.41) is 9.55. The second-order valence-electron chi connectivity index (χ2n) is 7.67. The molecule has 0 spiro atoms. The summed E-state index contributed by atoms with van der Waals surface area (Å²) in [5.41, 5.74) is 0.454. The van der Waals surface area contributed by atoms with Crippen LogP contribution in [0.25, 0.3) is 0 Å². The van der Waals surface area contributed by atoms with Crippen molar-refractivity contribution in [1.82, 2.24) is 9.88 Å². The molecular formula is C24H18F4N2O6. The molecule has 1 aliphatic rings. The van der Waals surface area contributed by atoms with E-state index in [1.807, 2.05) is 6.07 Å². The summed E-state index contributed by atoms with van der Waals surface area (Å²) in [6.07, 6.45) is -11.4. The Labute approximate surface area is 201 Å². The molecule has 1 saturated heterocycles. The summed E-state index contributed by atoms with van der Waals surface area (Å²) < 4.78 is 66.6. The number of cyclic esters (lactones) is 1. The second-order valence-corrected chi connectivity index (χ2v) is 7.67. The van der Waals surface area contributed by atoms with Crippen molar-refractivity contribution in [3.8, 4) is 17.2 Å². The van der Waals surface area contributed by atoms with Crippen LogP contribution >= 0.6 is 0 Å². The number of pyridine rings is 1. The highest BCUT2D eigenvalue weighted by Gasteiger charge is 2.47. The van der Waals surface area contributed by atoms with Gasteiger partial charge >= 0.3 is 24.7 Å². The summed E-state index contributed by atoms with van der Waals surface area (Å²) in [6, 6.07) is 15.6. The molecule has 0 saturated carbocycles. The van der Waals surface area contributed by atoms with Gasteiger partial charge in [0.2, 0.25) is 0 Å². The fourth-order valence-corrected chi connectivity index (χ4v) is 3.61. The number of hydrogen-bond donors (Lipinski definition) is 1. The van der Waals surface area contributed by atoms with E-state index in [1.165, 1.54) is 24.4 Å². The molecule has 2 unspecified atom stereocenters. The average Bonchev–Trinajstić information content (AvgIpc) is 3.16. The molecule has 1 aromatic heterocycles. The lowest BCUT2D eigenvalue weighted by atomic mass is 9.98. The predicted octanol–water partition coefficient (Wildman–Crippen LogP) is 5.89. The fourth-order valence-electron chi connectivity index (χ4n) is 3.61. The van der Waals surface area contributed by atoms with Gasteiger partial charge in [-0.15, -0.1) is 0 Å². The summed E-state index contributed by atoms with van der Waals surface area (Å²) >= 11 is 0. The topological polar surface area (TPSA) is 98.2 Å². The lowest BCUT2D eigenvalue weighted by molar-refractivity contribution is -0.253. The number of nitrogens with zero attached hydrogens (tertiary/aromatic N) is 2. The van der Waals surface area contributed by atoms with Crippen molar-refractivity contribution in [1.29, 1.82) is 0 Å². The molecule has 36 heavy (non-hydrogen) atoms. The molecule has 8 nitrogen and oxygen atoms in total. The second kappa shape index (κ2) is 10.1. The lowest BCUT2D eigenvalue weighted by Crippen LogP contribution is -2.40. The Hall–Kier alpha value is -4.35. The smallest absolute Gasteiger partial charge is 0.461 e. The van der Waals surface area contributed by atoms with E-state index in [-0.39, 0.29) is 17.7 Å². The summed E-state index contributed by atoms with van der Waals surface area (Å²) in [6.45, 7) is 0. The Balaban J connectivity index is 1.56. The lowest BCUT2D eigenvalue weighted by Gasteiger charge is -2.22. The zero-order valence-corrected chi connectivity index (χ0v) is 18.3. The van der Waals surface area contributed by atoms with Crippen LogP contribution in [0.3, 0.4) is 0 Å². The van der Waals surface area contributed by atoms with E-state index in [2.05, 4.69) is 9.72 Å². The molecule has 2 amide bonds. The average molecular weight is 506 g/mol. The monoisotopic (exact) mass is 506 g/mol. The van der Waals surface area contributed by atoms with E-state index < -0.39 is 42.6 Å². The molecule has 0 radical (unpaired) electrons. The van der Waals surface area contributed by atoms with Crippen LogP contribution in [0.1, 0.15) is 17.4 Å². The molecule has 2 aromatic carbocycles. The molecule has 3 aromatic rings. The third-order valence-corrected chi connectivity index (χ3v) is 5.19. The van der Waals surface area contributed by atoms with Gasteiger partial charge < -0.3 is 19.3 Å². The maximum atomic E-state index is 13.3. The van der Waals surface area contributed by atoms with E-state index >= 15 is 0 Å². The number of aromatic nitrogens is 1. The van der Waals surface area contributed by atoms with Crippen LogP contribution in [0.5, 0.6) is 17.2 Å². The standard InChI is InChI=1S/C24H18F4N2O6/c25-21(26)24(27,28)36-16-8-4-5-14(11-16)12-19-20(35-23(33)30(19)22(31)32)18-10-9-17(13-29-18)34-15-6-2-1-3-7-15/h1-11,13,19-21H,12H2,(H,31,32). The van der Waals surface area contributed by atoms with Crippen LogP contribution in [0.4, 0.5) is 27.2 Å². The number of imide groups is 1. The molecule has 188 valence electrons. The SMILES string of the molecule is O=C(O)N1C(=O)OC(c2ccc(Oc3ccccc3)cn2)C1Cc1cccc(OC(F)(F)C(F)F)c1. The van der Waals surface area contributed by atoms with Crippen LogP contribution in [-0.2, 0) is 11.2 Å². The third-order valence-electron chi connectivity index (χ3n) is 5.19. The number of alkyl halides is 4. The van der Waals surface area contributed by atoms with E-state index in [0.29, 0.717) is 16.4 Å². The van der Waals surface area contributed by atoms with Crippen LogP contribution in [-0.4, -0.2) is 45.8 Å². The maximum Gasteiger partial charge on any atom is 0.461 e. The minimum atomic E-state index is -4.71. The first-order valence-corrected chi connectivity index (χ1v) is 10.5. The van der Waals surface area contributed by atoms with Crippen molar-refractivity contribution in [2.45, 2.75) is 31.1 Å². The third kappa shape index (κ3) is 5.48. The molecule has 2 atom stereocenters. The number of carboxylic acid groups (broad SMARTS) is 1. The molecule has 0 bridgehead atoms. The normalized spacial score (nSPS) is 17.7. The van der Waals surface area contributed by atoms with Gasteiger partial charge in [-0.05, 0) is 48.4 Å². The first-order valence-electron chi connectivity index (χ1n) is 10.5. The fraction of sp³-hybridized carbons (Fsp3) is 0.208. The number of carbonyl (C=O) groups excluding carboxylic acids is 1. The van der Waals surface area contributed by atoms with E-state index in [9.17, 15) is 32.3 Å². The minimum Gasteiger partial charge on any atom is -0.465 e. The molecule has 2 heterocycles. The Kier molecular flexibility index (Phi) is 6.95. The number of ether oxygens (including phenoxy) is 3. The van der Waals surface area contributed by atoms with Crippen molar-refractivity contribution >= 4 is 12.2 Å². The Morgan fingerprint density at radius 2 is 1.78 bits per heavy atom. The first kappa shape index (κ1) is 24.8. The van der Waals surface area contributed by atoms with Crippen LogP contribution < -0.4 is 9.47 Å². The quantitative estimate of drug-likeness (QED) is 0.380. The van der Waals surface area contributed by atoms with Crippen molar-refractivity contribution in [2.75, 3.05) is 0 Å². The molecule has 1 aliphatic heterocycles. The van der Waals surface area contributed by atoms with Crippen LogP contribution in [0.15, 0.2) is 72.9 Å². The highest BCUT2D eigenvalue weighted by Crippen LogP contribution is 2.36. The molecule has 0 aliphatic carbocycles. The van der Waals surface area contributed by atoms with Gasteiger partial charge in [0.1, 0.15) is 17.2 Å². The highest BCUT2D eigenvalue weighted by atomic mass is 19.3. The number of amides is 2. The molecule has 4 rings (SSSR count). The summed E-state index contributed by atoms with van der Waals surface area (Å²) in [4.78, 5) is 28.7. The minimum absolute atomic E-state index is 0.190. The first-order chi connectivity index (χ1) is 17.1. The van der Waals surface area contributed by atoms with E-state index in [1.54, 1.807) is 30.3 Å². The van der Waals surface area contributed by atoms with E-state index in [4.69, 9.17) is 9.47 Å². The number of carbonyl (C=O) groups is 2. The van der Waals surface area contributed by atoms with Crippen molar-refractivity contribution < 1.29 is 46.5 Å². The van der Waals surface area contributed by atoms with Gasteiger partial charge in [0, 0.05) is 0 Å². The van der Waals surface area contributed by atoms with Crippen molar-refractivity contribution in [2.24, 2.45) is 0 Å². The van der Waals surface area contributed by atoms with Gasteiger partial charge in [-0.2, -0.15) is 17.6 Å². The van der Waals surface area contributed by atoms with E-state index in [0.717, 1.165) is 12.1 Å². The van der Waals surface area contributed by atoms with Gasteiger partial charge in [-0.1, -0.05) is 30.3 Å². The summed E-state index contributed by atoms with van der Waals surface area (Å²) in [5.74, 6) is 0.390. The van der Waals surface area contributed by atoms with Crippen LogP contribution in [0, 0.1) is 0 Å². The van der Waals surface area contributed by atoms with Gasteiger partial charge in [-0.3, -0.25) is 4.98 Å². The largest absolute Gasteiger partial charge is 0.465 e. The number of hydrogen-bond acceptors (Lipinski definition) is 6. The highest BCUT2D eigenvalue weighted by molar-refractivity contribution is 5.89. The van der Waals surface area contributed by atoms with Crippen molar-refractivity contribution in [3.63, 3.8) is 0 Å². The van der Waals surface area contributed by atoms with Crippen LogP contribution in [0.2, 0.25) is 0 Å². The van der Waals surface area contributed by atoms with Gasteiger partial charge in [0.15, 0.2) is 6.10 Å². The Bertz CT molecular complexity index is 1230. The molecule has 12 heteroatoms. The summed E-state index contributed by atoms with van der Waals surface area (Å²) in [7, 11) is 0. The Morgan fingerprint density at radius 1 is 1.06 bits per heavy atom. The predicted molar refractivity (Wildman–Crippen MR) is 115 cm³/mol. The maximum absolute atomic E-state index is 13.3. The number of rotatable bonds is 8. The number of halogens is 4. The Morgan fingerprint density at radius 3 is 2.42 bits per heavy atom. The zero-order chi connectivity index (χ0) is 25.9. The number of para-hydroxylation sites is 1. The number of benzene rings is 2. The molecule has 1 N–H and O–H groups in total. The van der Waals surface area contributed by atoms with Gasteiger partial charge in [-0.25, -0.2) is 14.5 Å². The molecule has 1 fully saturated rings. The zero-order valence-electron chi connectivity index (χ0n) is 18.3.